The average Bonchev–Trinajstić information content (AvgIpc) is 2.79. The first-order valence-electron chi connectivity index (χ1n) is 5.37. The highest BCUT2D eigenvalue weighted by atomic mass is 16.1. The van der Waals surface area contributed by atoms with Crippen molar-refractivity contribution in [3.8, 4) is 0 Å². The third-order valence-corrected chi connectivity index (χ3v) is 2.59. The Bertz CT molecular complexity index is 499. The Balaban J connectivity index is 2.10. The minimum absolute atomic E-state index is 0.0861. The number of carbonyl (C=O) groups is 1. The fourth-order valence-corrected chi connectivity index (χ4v) is 1.74. The van der Waals surface area contributed by atoms with E-state index in [1.54, 1.807) is 0 Å². The molecule has 17 heavy (non-hydrogen) atoms. The van der Waals surface area contributed by atoms with E-state index in [1.807, 2.05) is 32.0 Å². The molecule has 0 fully saturated rings. The number of aromatic nitrogens is 3. The molecule has 0 bridgehead atoms. The van der Waals surface area contributed by atoms with E-state index >= 15 is 0 Å². The van der Waals surface area contributed by atoms with Gasteiger partial charge in [0, 0.05) is 5.56 Å². The van der Waals surface area contributed by atoms with E-state index in [9.17, 15) is 4.79 Å². The van der Waals surface area contributed by atoms with E-state index in [0.29, 0.717) is 12.4 Å². The fourth-order valence-electron chi connectivity index (χ4n) is 1.74. The Labute approximate surface area is 99.3 Å². The van der Waals surface area contributed by atoms with Crippen molar-refractivity contribution in [3.05, 3.63) is 47.0 Å². The van der Waals surface area contributed by atoms with Crippen molar-refractivity contribution in [2.45, 2.75) is 20.4 Å². The molecule has 0 spiro atoms. The molecule has 0 radical (unpaired) electrons. The lowest BCUT2D eigenvalue weighted by Crippen LogP contribution is -2.25. The molecule has 2 aromatic rings. The molecule has 0 aliphatic rings. The summed E-state index contributed by atoms with van der Waals surface area (Å²) < 4.78 is 0. The number of benzene rings is 1. The number of rotatable bonds is 3. The van der Waals surface area contributed by atoms with Crippen LogP contribution in [0, 0.1) is 13.8 Å². The van der Waals surface area contributed by atoms with E-state index in [4.69, 9.17) is 0 Å². The zero-order valence-corrected chi connectivity index (χ0v) is 9.82. The largest absolute Gasteiger partial charge is 0.345 e. The maximum atomic E-state index is 12.0. The van der Waals surface area contributed by atoms with E-state index in [-0.39, 0.29) is 5.91 Å². The van der Waals surface area contributed by atoms with E-state index < -0.39 is 0 Å². The molecule has 1 amide bonds. The van der Waals surface area contributed by atoms with Gasteiger partial charge in [-0.25, -0.2) is 4.98 Å². The van der Waals surface area contributed by atoms with Gasteiger partial charge in [-0.1, -0.05) is 18.2 Å². The standard InChI is InChI=1S/C12H14N4O/c1-8-4-3-5-9(2)11(8)12(17)13-6-10-14-7-15-16-10/h3-5,7H,6H2,1-2H3,(H,13,17)(H,14,15,16). The molecular formula is C12H14N4O. The highest BCUT2D eigenvalue weighted by Gasteiger charge is 2.11. The van der Waals surface area contributed by atoms with Gasteiger partial charge in [-0.05, 0) is 25.0 Å². The molecule has 2 rings (SSSR count). The van der Waals surface area contributed by atoms with E-state index in [0.717, 1.165) is 16.7 Å². The zero-order valence-electron chi connectivity index (χ0n) is 9.82. The quantitative estimate of drug-likeness (QED) is 0.836. The van der Waals surface area contributed by atoms with Crippen LogP contribution >= 0.6 is 0 Å². The third kappa shape index (κ3) is 2.50. The molecule has 0 unspecified atom stereocenters. The van der Waals surface area contributed by atoms with E-state index in [2.05, 4.69) is 20.5 Å². The van der Waals surface area contributed by atoms with E-state index in [1.165, 1.54) is 6.33 Å². The maximum Gasteiger partial charge on any atom is 0.252 e. The monoisotopic (exact) mass is 230 g/mol. The first kappa shape index (κ1) is 11.3. The van der Waals surface area contributed by atoms with Crippen LogP contribution in [0.3, 0.4) is 0 Å². The van der Waals surface area contributed by atoms with Gasteiger partial charge < -0.3 is 5.32 Å². The minimum Gasteiger partial charge on any atom is -0.345 e. The molecule has 0 saturated heterocycles. The van der Waals surface area contributed by atoms with Gasteiger partial charge in [0.1, 0.15) is 12.2 Å². The molecule has 0 aliphatic heterocycles. The summed E-state index contributed by atoms with van der Waals surface area (Å²) in [6.07, 6.45) is 1.42. The normalized spacial score (nSPS) is 10.2. The smallest absolute Gasteiger partial charge is 0.252 e. The number of carbonyl (C=O) groups excluding carboxylic acids is 1. The van der Waals surface area contributed by atoms with Gasteiger partial charge in [0.2, 0.25) is 0 Å². The van der Waals surface area contributed by atoms with Crippen molar-refractivity contribution in [1.29, 1.82) is 0 Å². The highest BCUT2D eigenvalue weighted by molar-refractivity contribution is 5.96. The molecular weight excluding hydrogens is 216 g/mol. The van der Waals surface area contributed by atoms with Crippen LogP contribution in [0.25, 0.3) is 0 Å². The summed E-state index contributed by atoms with van der Waals surface area (Å²) in [6.45, 7) is 4.21. The lowest BCUT2D eigenvalue weighted by atomic mass is 10.0. The van der Waals surface area contributed by atoms with Crippen molar-refractivity contribution in [2.75, 3.05) is 0 Å². The van der Waals surface area contributed by atoms with Gasteiger partial charge in [0.05, 0.1) is 6.54 Å². The molecule has 1 aromatic heterocycles. The first-order valence-corrected chi connectivity index (χ1v) is 5.37. The van der Waals surface area contributed by atoms with Crippen molar-refractivity contribution in [3.63, 3.8) is 0 Å². The Morgan fingerprint density at radius 2 is 2.06 bits per heavy atom. The van der Waals surface area contributed by atoms with Crippen molar-refractivity contribution < 1.29 is 4.79 Å². The SMILES string of the molecule is Cc1cccc(C)c1C(=O)NCc1ncn[nH]1. The van der Waals surface area contributed by atoms with Gasteiger partial charge >= 0.3 is 0 Å². The Hall–Kier alpha value is -2.17. The van der Waals surface area contributed by atoms with Gasteiger partial charge in [-0.2, -0.15) is 5.10 Å². The van der Waals surface area contributed by atoms with Crippen LogP contribution in [0.1, 0.15) is 27.3 Å². The molecule has 88 valence electrons. The molecule has 0 saturated carbocycles. The average molecular weight is 230 g/mol. The van der Waals surface area contributed by atoms with Crippen LogP contribution in [-0.4, -0.2) is 21.1 Å². The molecule has 2 N–H and O–H groups in total. The summed E-state index contributed by atoms with van der Waals surface area (Å²) in [4.78, 5) is 16.0. The number of aryl methyl sites for hydroxylation is 2. The summed E-state index contributed by atoms with van der Waals surface area (Å²) in [6, 6.07) is 5.80. The second kappa shape index (κ2) is 4.78. The summed E-state index contributed by atoms with van der Waals surface area (Å²) in [5, 5.41) is 9.23. The van der Waals surface area contributed by atoms with Crippen LogP contribution in [0.15, 0.2) is 24.5 Å². The van der Waals surface area contributed by atoms with Crippen LogP contribution in [0.2, 0.25) is 0 Å². The summed E-state index contributed by atoms with van der Waals surface area (Å²) in [5.74, 6) is 0.557. The number of nitrogens with zero attached hydrogens (tertiary/aromatic N) is 2. The third-order valence-electron chi connectivity index (χ3n) is 2.59. The Kier molecular flexibility index (Phi) is 3.18. The first-order chi connectivity index (χ1) is 8.18. The molecule has 0 aliphatic carbocycles. The lowest BCUT2D eigenvalue weighted by molar-refractivity contribution is 0.0948. The van der Waals surface area contributed by atoms with Gasteiger partial charge in [0.25, 0.3) is 5.91 Å². The van der Waals surface area contributed by atoms with Crippen molar-refractivity contribution in [2.24, 2.45) is 0 Å². The van der Waals surface area contributed by atoms with Crippen LogP contribution < -0.4 is 5.32 Å². The Morgan fingerprint density at radius 1 is 1.35 bits per heavy atom. The number of hydrogen-bond donors (Lipinski definition) is 2. The second-order valence-corrected chi connectivity index (χ2v) is 3.88. The van der Waals surface area contributed by atoms with Gasteiger partial charge in [-0.3, -0.25) is 9.89 Å². The number of H-pyrrole nitrogens is 1. The predicted molar refractivity (Wildman–Crippen MR) is 63.5 cm³/mol. The van der Waals surface area contributed by atoms with Gasteiger partial charge in [-0.15, -0.1) is 0 Å². The van der Waals surface area contributed by atoms with Crippen LogP contribution in [-0.2, 0) is 6.54 Å². The molecule has 1 aromatic carbocycles. The zero-order chi connectivity index (χ0) is 12.3. The van der Waals surface area contributed by atoms with Crippen LogP contribution in [0.5, 0.6) is 0 Å². The van der Waals surface area contributed by atoms with Gasteiger partial charge in [0.15, 0.2) is 0 Å². The number of nitrogens with one attached hydrogen (secondary N) is 2. The van der Waals surface area contributed by atoms with Crippen molar-refractivity contribution in [1.82, 2.24) is 20.5 Å². The maximum absolute atomic E-state index is 12.0. The van der Waals surface area contributed by atoms with Crippen LogP contribution in [0.4, 0.5) is 0 Å². The highest BCUT2D eigenvalue weighted by Crippen LogP contribution is 2.12. The van der Waals surface area contributed by atoms with Crippen molar-refractivity contribution >= 4 is 5.91 Å². The fraction of sp³-hybridized carbons (Fsp3) is 0.250. The molecule has 0 atom stereocenters. The summed E-state index contributed by atoms with van der Waals surface area (Å²) >= 11 is 0. The second-order valence-electron chi connectivity index (χ2n) is 3.88. The molecule has 5 heteroatoms. The molecule has 5 nitrogen and oxygen atoms in total. The summed E-state index contributed by atoms with van der Waals surface area (Å²) in [7, 11) is 0. The number of hydrogen-bond acceptors (Lipinski definition) is 3. The predicted octanol–water partition coefficient (Wildman–Crippen LogP) is 1.35. The minimum atomic E-state index is -0.0861. The summed E-state index contributed by atoms with van der Waals surface area (Å²) in [5.41, 5.74) is 2.67. The topological polar surface area (TPSA) is 70.7 Å². The molecule has 1 heterocycles. The number of amides is 1. The lowest BCUT2D eigenvalue weighted by Gasteiger charge is -2.09. The Morgan fingerprint density at radius 3 is 2.65 bits per heavy atom. The number of aromatic amines is 1.